The van der Waals surface area contributed by atoms with Crippen molar-refractivity contribution < 1.29 is 14.3 Å². The lowest BCUT2D eigenvalue weighted by atomic mass is 10.0. The largest absolute Gasteiger partial charge is 0.491 e. The molecule has 1 atom stereocenters. The van der Waals surface area contributed by atoms with Gasteiger partial charge in [-0.15, -0.1) is 0 Å². The summed E-state index contributed by atoms with van der Waals surface area (Å²) in [5, 5.41) is 3.04. The molecule has 150 valence electrons. The maximum absolute atomic E-state index is 12.7. The van der Waals surface area contributed by atoms with E-state index in [1.807, 2.05) is 17.9 Å². The van der Waals surface area contributed by atoms with Gasteiger partial charge in [-0.1, -0.05) is 12.1 Å². The second-order valence-corrected chi connectivity index (χ2v) is 7.61. The number of hydrogen-bond acceptors (Lipinski definition) is 4. The molecule has 6 heteroatoms. The maximum atomic E-state index is 12.7. The lowest BCUT2D eigenvalue weighted by Crippen LogP contribution is -2.54. The number of urea groups is 1. The summed E-state index contributed by atoms with van der Waals surface area (Å²) in [5.74, 6) is 0.896. The summed E-state index contributed by atoms with van der Waals surface area (Å²) in [5.41, 5.74) is 2.30. The van der Waals surface area contributed by atoms with E-state index in [0.29, 0.717) is 19.2 Å². The first-order valence-electron chi connectivity index (χ1n) is 10.2. The van der Waals surface area contributed by atoms with Gasteiger partial charge in [-0.05, 0) is 50.3 Å². The molecule has 0 bridgehead atoms. The summed E-state index contributed by atoms with van der Waals surface area (Å²) in [4.78, 5) is 17.1. The summed E-state index contributed by atoms with van der Waals surface area (Å²) in [6.07, 6.45) is 3.38. The van der Waals surface area contributed by atoms with Gasteiger partial charge >= 0.3 is 6.03 Å². The van der Waals surface area contributed by atoms with Crippen LogP contribution in [0.4, 0.5) is 4.79 Å². The average Bonchev–Trinajstić information content (AvgIpc) is 2.69. The van der Waals surface area contributed by atoms with Crippen molar-refractivity contribution in [1.29, 1.82) is 0 Å². The highest BCUT2D eigenvalue weighted by Gasteiger charge is 2.28. The number of rotatable bonds is 6. The number of benzene rings is 1. The minimum atomic E-state index is 0.0394. The van der Waals surface area contributed by atoms with Gasteiger partial charge in [0.05, 0.1) is 19.8 Å². The van der Waals surface area contributed by atoms with E-state index in [2.05, 4.69) is 29.3 Å². The van der Waals surface area contributed by atoms with Crippen LogP contribution in [0.3, 0.4) is 0 Å². The third kappa shape index (κ3) is 5.84. The number of likely N-dealkylation sites (tertiary alicyclic amines) is 1. The Hall–Kier alpha value is -1.79. The van der Waals surface area contributed by atoms with Gasteiger partial charge in [0.2, 0.25) is 0 Å². The van der Waals surface area contributed by atoms with Gasteiger partial charge in [-0.25, -0.2) is 4.79 Å². The van der Waals surface area contributed by atoms with Crippen LogP contribution in [0.2, 0.25) is 0 Å². The summed E-state index contributed by atoms with van der Waals surface area (Å²) in [6, 6.07) is 6.52. The van der Waals surface area contributed by atoms with E-state index < -0.39 is 0 Å². The topological polar surface area (TPSA) is 54.0 Å². The van der Waals surface area contributed by atoms with Gasteiger partial charge in [0.15, 0.2) is 0 Å². The number of amides is 2. The Morgan fingerprint density at radius 1 is 1.22 bits per heavy atom. The highest BCUT2D eigenvalue weighted by Crippen LogP contribution is 2.20. The highest BCUT2D eigenvalue weighted by molar-refractivity contribution is 5.74. The molecule has 3 rings (SSSR count). The first-order chi connectivity index (χ1) is 13.1. The van der Waals surface area contributed by atoms with Crippen molar-refractivity contribution in [2.45, 2.75) is 39.2 Å². The molecule has 0 aliphatic carbocycles. The van der Waals surface area contributed by atoms with Crippen molar-refractivity contribution in [3.05, 3.63) is 29.3 Å². The lowest BCUT2D eigenvalue weighted by molar-refractivity contribution is 0.0221. The van der Waals surface area contributed by atoms with E-state index in [-0.39, 0.29) is 6.03 Å². The number of nitrogens with one attached hydrogen (secondary N) is 1. The van der Waals surface area contributed by atoms with Crippen molar-refractivity contribution in [2.75, 3.05) is 52.5 Å². The number of aryl methyl sites for hydroxylation is 2. The molecule has 6 nitrogen and oxygen atoms in total. The van der Waals surface area contributed by atoms with Crippen LogP contribution in [0.5, 0.6) is 5.75 Å². The van der Waals surface area contributed by atoms with Gasteiger partial charge in [0.25, 0.3) is 0 Å². The Labute approximate surface area is 162 Å². The second kappa shape index (κ2) is 9.95. The molecule has 2 heterocycles. The fourth-order valence-electron chi connectivity index (χ4n) is 3.82. The number of piperidine rings is 1. The van der Waals surface area contributed by atoms with Crippen LogP contribution in [0, 0.1) is 13.8 Å². The van der Waals surface area contributed by atoms with Gasteiger partial charge in [-0.2, -0.15) is 0 Å². The number of morpholine rings is 1. The Morgan fingerprint density at radius 3 is 2.85 bits per heavy atom. The number of hydrogen-bond donors (Lipinski definition) is 1. The maximum Gasteiger partial charge on any atom is 0.317 e. The zero-order valence-electron chi connectivity index (χ0n) is 16.7. The minimum Gasteiger partial charge on any atom is -0.491 e. The van der Waals surface area contributed by atoms with Crippen LogP contribution in [-0.2, 0) is 4.74 Å². The molecule has 0 unspecified atom stereocenters. The molecule has 27 heavy (non-hydrogen) atoms. The Balaban J connectivity index is 1.44. The molecule has 0 radical (unpaired) electrons. The van der Waals surface area contributed by atoms with Crippen LogP contribution in [0.15, 0.2) is 18.2 Å². The van der Waals surface area contributed by atoms with E-state index >= 15 is 0 Å². The highest BCUT2D eigenvalue weighted by atomic mass is 16.5. The van der Waals surface area contributed by atoms with Crippen molar-refractivity contribution in [1.82, 2.24) is 15.1 Å². The summed E-state index contributed by atoms with van der Waals surface area (Å²) in [6.45, 7) is 10.4. The lowest BCUT2D eigenvalue weighted by Gasteiger charge is -2.39. The third-order valence-electron chi connectivity index (χ3n) is 5.44. The molecule has 1 aromatic carbocycles. The average molecular weight is 376 g/mol. The molecule has 1 N–H and O–H groups in total. The molecular weight excluding hydrogens is 342 g/mol. The Bertz CT molecular complexity index is 617. The van der Waals surface area contributed by atoms with Crippen LogP contribution >= 0.6 is 0 Å². The quantitative estimate of drug-likeness (QED) is 0.777. The Kier molecular flexibility index (Phi) is 7.35. The van der Waals surface area contributed by atoms with Crippen LogP contribution in [0.1, 0.15) is 30.4 Å². The minimum absolute atomic E-state index is 0.0394. The third-order valence-corrected chi connectivity index (χ3v) is 5.44. The molecule has 2 saturated heterocycles. The zero-order valence-corrected chi connectivity index (χ0v) is 16.7. The number of carbonyl (C=O) groups is 1. The van der Waals surface area contributed by atoms with E-state index in [0.717, 1.165) is 63.5 Å². The van der Waals surface area contributed by atoms with Crippen molar-refractivity contribution in [3.8, 4) is 5.75 Å². The second-order valence-electron chi connectivity index (χ2n) is 7.61. The van der Waals surface area contributed by atoms with E-state index in [1.54, 1.807) is 0 Å². The fraction of sp³-hybridized carbons (Fsp3) is 0.667. The molecule has 2 amide bonds. The van der Waals surface area contributed by atoms with E-state index in [4.69, 9.17) is 9.47 Å². The molecule has 0 spiro atoms. The fourth-order valence-corrected chi connectivity index (χ4v) is 3.82. The van der Waals surface area contributed by atoms with E-state index in [1.165, 1.54) is 12.0 Å². The van der Waals surface area contributed by atoms with Crippen LogP contribution in [-0.4, -0.2) is 74.4 Å². The van der Waals surface area contributed by atoms with Crippen LogP contribution in [0.25, 0.3) is 0 Å². The summed E-state index contributed by atoms with van der Waals surface area (Å²) in [7, 11) is 0. The first-order valence-corrected chi connectivity index (χ1v) is 10.2. The van der Waals surface area contributed by atoms with Crippen molar-refractivity contribution in [3.63, 3.8) is 0 Å². The van der Waals surface area contributed by atoms with E-state index in [9.17, 15) is 4.79 Å². The predicted octanol–water partition coefficient (Wildman–Crippen LogP) is 2.58. The monoisotopic (exact) mass is 375 g/mol. The molecule has 0 aromatic heterocycles. The molecule has 2 fully saturated rings. The first kappa shape index (κ1) is 20.0. The summed E-state index contributed by atoms with van der Waals surface area (Å²) < 4.78 is 11.3. The number of nitrogens with zero attached hydrogens (tertiary/aromatic N) is 2. The standard InChI is InChI=1S/C21H33N3O3/c1-17-6-7-18(2)20(15-17)27-12-8-22-21(25)24-9-4-3-5-19(24)16-23-10-13-26-14-11-23/h6-7,15,19H,3-5,8-14,16H2,1-2H3,(H,22,25)/t19-/m1/s1. The molecule has 1 aromatic rings. The predicted molar refractivity (Wildman–Crippen MR) is 106 cm³/mol. The van der Waals surface area contributed by atoms with Gasteiger partial charge in [-0.3, -0.25) is 4.90 Å². The Morgan fingerprint density at radius 2 is 2.04 bits per heavy atom. The molecule has 2 aliphatic rings. The van der Waals surface area contributed by atoms with Crippen LogP contribution < -0.4 is 10.1 Å². The molecular formula is C21H33N3O3. The normalized spacial score (nSPS) is 21.1. The van der Waals surface area contributed by atoms with Gasteiger partial charge < -0.3 is 19.7 Å². The van der Waals surface area contributed by atoms with Gasteiger partial charge in [0.1, 0.15) is 12.4 Å². The summed E-state index contributed by atoms with van der Waals surface area (Å²) >= 11 is 0. The van der Waals surface area contributed by atoms with Crippen molar-refractivity contribution in [2.24, 2.45) is 0 Å². The SMILES string of the molecule is Cc1ccc(C)c(OCCNC(=O)N2CCCC[C@@H]2CN2CCOCC2)c1. The van der Waals surface area contributed by atoms with Gasteiger partial charge in [0, 0.05) is 32.2 Å². The number of carbonyl (C=O) groups excluding carboxylic acids is 1. The molecule has 0 saturated carbocycles. The van der Waals surface area contributed by atoms with Crippen molar-refractivity contribution >= 4 is 6.03 Å². The molecule has 2 aliphatic heterocycles. The number of ether oxygens (including phenoxy) is 2. The zero-order chi connectivity index (χ0) is 19.1. The smallest absolute Gasteiger partial charge is 0.317 e.